The monoisotopic (exact) mass is 583 g/mol. The van der Waals surface area contributed by atoms with Gasteiger partial charge in [-0.2, -0.15) is 10.4 Å². The lowest BCUT2D eigenvalue weighted by molar-refractivity contribution is -0.135. The predicted octanol–water partition coefficient (Wildman–Crippen LogP) is 3.86. The molecular formula is C25H28ClF2N5O5S. The van der Waals surface area contributed by atoms with Crippen molar-refractivity contribution < 1.29 is 31.9 Å². The average molecular weight is 584 g/mol. The molecule has 3 aliphatic rings. The number of carbonyl (C=O) groups excluding carboxylic acids is 1. The highest BCUT2D eigenvalue weighted by Crippen LogP contribution is 2.39. The number of nitrogens with zero attached hydrogens (tertiary/aromatic N) is 4. The van der Waals surface area contributed by atoms with Crippen molar-refractivity contribution in [2.45, 2.75) is 60.1 Å². The third-order valence-corrected chi connectivity index (χ3v) is 10.0. The molecule has 1 aliphatic heterocycles. The van der Waals surface area contributed by atoms with Crippen LogP contribution < -0.4 is 5.32 Å². The quantitative estimate of drug-likeness (QED) is 0.543. The molecule has 2 amide bonds. The first kappa shape index (κ1) is 28.8. The fourth-order valence-corrected chi connectivity index (χ4v) is 7.33. The molecule has 5 rings (SSSR count). The van der Waals surface area contributed by atoms with Gasteiger partial charge in [-0.15, -0.1) is 0 Å². The SMILES string of the molecule is Cn1nccc1-c1ccc(S(=O)(=O)[C@@H]2CC[C@@H](C(=O)N3CCC(F)(F)C3)C2)c(Cl)c1.N#CC1(NC(=O)O)CC1. The lowest BCUT2D eigenvalue weighted by Crippen LogP contribution is -2.35. The number of carboxylic acid groups (broad SMARTS) is 1. The van der Waals surface area contributed by atoms with Gasteiger partial charge in [0.25, 0.3) is 5.92 Å². The van der Waals surface area contributed by atoms with E-state index in [9.17, 15) is 26.8 Å². The second kappa shape index (κ2) is 10.7. The predicted molar refractivity (Wildman–Crippen MR) is 137 cm³/mol. The van der Waals surface area contributed by atoms with Crippen molar-refractivity contribution in [3.05, 3.63) is 35.5 Å². The highest BCUT2D eigenvalue weighted by atomic mass is 35.5. The second-order valence-corrected chi connectivity index (χ2v) is 12.8. The van der Waals surface area contributed by atoms with Gasteiger partial charge in [0.1, 0.15) is 5.54 Å². The largest absolute Gasteiger partial charge is 0.465 e. The van der Waals surface area contributed by atoms with Crippen LogP contribution in [0.3, 0.4) is 0 Å². The third kappa shape index (κ3) is 6.33. The van der Waals surface area contributed by atoms with E-state index in [4.69, 9.17) is 22.0 Å². The summed E-state index contributed by atoms with van der Waals surface area (Å²) >= 11 is 6.33. The van der Waals surface area contributed by atoms with E-state index >= 15 is 0 Å². The number of rotatable bonds is 5. The molecule has 10 nitrogen and oxygen atoms in total. The van der Waals surface area contributed by atoms with Crippen molar-refractivity contribution >= 4 is 33.4 Å². The molecule has 0 spiro atoms. The zero-order chi connectivity index (χ0) is 28.6. The molecule has 2 aliphatic carbocycles. The molecule has 39 heavy (non-hydrogen) atoms. The van der Waals surface area contributed by atoms with Crippen LogP contribution in [-0.2, 0) is 21.7 Å². The summed E-state index contributed by atoms with van der Waals surface area (Å²) in [4.78, 5) is 23.7. The molecule has 1 aromatic heterocycles. The zero-order valence-electron chi connectivity index (χ0n) is 21.1. The highest BCUT2D eigenvalue weighted by molar-refractivity contribution is 7.92. The molecule has 2 saturated carbocycles. The van der Waals surface area contributed by atoms with Gasteiger partial charge in [0, 0.05) is 37.7 Å². The molecule has 210 valence electrons. The first-order valence-corrected chi connectivity index (χ1v) is 14.3. The Kier molecular flexibility index (Phi) is 7.91. The van der Waals surface area contributed by atoms with E-state index in [0.29, 0.717) is 25.7 Å². The molecule has 1 aromatic carbocycles. The van der Waals surface area contributed by atoms with Crippen molar-refractivity contribution in [3.63, 3.8) is 0 Å². The van der Waals surface area contributed by atoms with E-state index < -0.39 is 45.1 Å². The van der Waals surface area contributed by atoms with Crippen LogP contribution in [0, 0.1) is 17.2 Å². The number of aromatic nitrogens is 2. The fourth-order valence-electron chi connectivity index (χ4n) is 4.95. The Bertz CT molecular complexity index is 1420. The molecule has 0 radical (unpaired) electrons. The van der Waals surface area contributed by atoms with Gasteiger partial charge in [0.2, 0.25) is 5.91 Å². The number of halogens is 3. The molecular weight excluding hydrogens is 556 g/mol. The van der Waals surface area contributed by atoms with Gasteiger partial charge in [0.15, 0.2) is 9.84 Å². The summed E-state index contributed by atoms with van der Waals surface area (Å²) in [5, 5.41) is 22.1. The molecule has 3 fully saturated rings. The van der Waals surface area contributed by atoms with Crippen molar-refractivity contribution in [2.24, 2.45) is 13.0 Å². The summed E-state index contributed by atoms with van der Waals surface area (Å²) in [5.74, 6) is -3.78. The van der Waals surface area contributed by atoms with Crippen LogP contribution in [0.5, 0.6) is 0 Å². The maximum Gasteiger partial charge on any atom is 0.405 e. The fraction of sp³-hybridized carbons (Fsp3) is 0.520. The Morgan fingerprint density at radius 3 is 2.44 bits per heavy atom. The lowest BCUT2D eigenvalue weighted by Gasteiger charge is -2.20. The number of hydrogen-bond acceptors (Lipinski definition) is 6. The lowest BCUT2D eigenvalue weighted by atomic mass is 10.1. The normalized spacial score (nSPS) is 22.9. The number of alkyl halides is 2. The van der Waals surface area contributed by atoms with Crippen molar-refractivity contribution in [2.75, 3.05) is 13.1 Å². The van der Waals surface area contributed by atoms with Crippen LogP contribution in [-0.4, -0.2) is 70.0 Å². The summed E-state index contributed by atoms with van der Waals surface area (Å²) in [6.07, 6.45) is 2.28. The Labute approximate surface area is 229 Å². The number of amides is 2. The number of nitriles is 1. The van der Waals surface area contributed by atoms with Crippen LogP contribution in [0.2, 0.25) is 5.02 Å². The summed E-state index contributed by atoms with van der Waals surface area (Å²) in [5.41, 5.74) is 0.814. The van der Waals surface area contributed by atoms with E-state index in [0.717, 1.165) is 16.2 Å². The Morgan fingerprint density at radius 2 is 1.95 bits per heavy atom. The van der Waals surface area contributed by atoms with E-state index in [-0.39, 0.29) is 35.2 Å². The zero-order valence-corrected chi connectivity index (χ0v) is 22.7. The van der Waals surface area contributed by atoms with Gasteiger partial charge in [-0.05, 0) is 50.3 Å². The van der Waals surface area contributed by atoms with Gasteiger partial charge in [-0.1, -0.05) is 17.7 Å². The standard InChI is InChI=1S/C20H22ClF2N3O3S.C5H6N2O2/c1-25-17(6-8-24-25)13-3-5-18(16(21)11-13)30(28,29)15-4-2-14(10-15)19(27)26-9-7-20(22,23)12-26;6-3-5(1-2-5)7-4(8)9/h3,5-6,8,11,14-15H,2,4,7,9-10,12H2,1H3;7H,1-2H2,(H,8,9)/t14-,15-;/m1./s1. The maximum atomic E-state index is 13.4. The molecule has 0 unspecified atom stereocenters. The number of nitrogens with one attached hydrogen (secondary N) is 1. The molecule has 1 saturated heterocycles. The minimum atomic E-state index is -3.75. The average Bonchev–Trinajstić information content (AvgIpc) is 3.21. The molecule has 14 heteroatoms. The van der Waals surface area contributed by atoms with E-state index in [1.54, 1.807) is 36.1 Å². The molecule has 2 aromatic rings. The third-order valence-electron chi connectivity index (χ3n) is 7.32. The van der Waals surface area contributed by atoms with E-state index in [1.807, 2.05) is 6.07 Å². The van der Waals surface area contributed by atoms with Gasteiger partial charge in [-0.3, -0.25) is 9.48 Å². The summed E-state index contributed by atoms with van der Waals surface area (Å²) in [7, 11) is -1.97. The number of carbonyl (C=O) groups is 2. The van der Waals surface area contributed by atoms with Crippen LogP contribution >= 0.6 is 11.6 Å². The molecule has 2 heterocycles. The highest BCUT2D eigenvalue weighted by Gasteiger charge is 2.46. The summed E-state index contributed by atoms with van der Waals surface area (Å²) in [6, 6.07) is 8.45. The first-order valence-electron chi connectivity index (χ1n) is 12.4. The summed E-state index contributed by atoms with van der Waals surface area (Å²) < 4.78 is 54.8. The maximum absolute atomic E-state index is 13.4. The van der Waals surface area contributed by atoms with Crippen LogP contribution in [0.4, 0.5) is 13.6 Å². The molecule has 2 atom stereocenters. The molecule has 2 N–H and O–H groups in total. The van der Waals surface area contributed by atoms with Crippen LogP contribution in [0.1, 0.15) is 38.5 Å². The number of sulfone groups is 1. The van der Waals surface area contributed by atoms with Gasteiger partial charge >= 0.3 is 6.09 Å². The number of hydrogen-bond donors (Lipinski definition) is 2. The minimum absolute atomic E-state index is 0.0149. The Balaban J connectivity index is 0.000000333. The Hall–Kier alpha value is -3.24. The van der Waals surface area contributed by atoms with Gasteiger partial charge in [0.05, 0.1) is 33.5 Å². The first-order chi connectivity index (χ1) is 18.3. The number of benzene rings is 1. The van der Waals surface area contributed by atoms with Gasteiger partial charge < -0.3 is 15.3 Å². The van der Waals surface area contributed by atoms with Crippen LogP contribution in [0.15, 0.2) is 35.4 Å². The topological polar surface area (TPSA) is 145 Å². The van der Waals surface area contributed by atoms with Gasteiger partial charge in [-0.25, -0.2) is 22.0 Å². The van der Waals surface area contributed by atoms with Crippen molar-refractivity contribution in [1.82, 2.24) is 20.0 Å². The minimum Gasteiger partial charge on any atom is -0.465 e. The summed E-state index contributed by atoms with van der Waals surface area (Å²) in [6.45, 7) is -0.567. The second-order valence-electron chi connectivity index (χ2n) is 10.2. The van der Waals surface area contributed by atoms with E-state index in [1.165, 1.54) is 6.07 Å². The number of likely N-dealkylation sites (tertiary alicyclic amines) is 1. The molecule has 0 bridgehead atoms. The van der Waals surface area contributed by atoms with Crippen molar-refractivity contribution in [1.29, 1.82) is 5.26 Å². The van der Waals surface area contributed by atoms with Crippen molar-refractivity contribution in [3.8, 4) is 17.3 Å². The van der Waals surface area contributed by atoms with E-state index in [2.05, 4.69) is 10.4 Å². The Morgan fingerprint density at radius 1 is 1.23 bits per heavy atom. The van der Waals surface area contributed by atoms with Crippen LogP contribution in [0.25, 0.3) is 11.3 Å². The number of aryl methyl sites for hydroxylation is 1. The smallest absolute Gasteiger partial charge is 0.405 e.